The number of benzene rings is 3. The van der Waals surface area contributed by atoms with Gasteiger partial charge >= 0.3 is 5.97 Å². The maximum absolute atomic E-state index is 13.9. The van der Waals surface area contributed by atoms with Gasteiger partial charge in [0.05, 0.1) is 17.9 Å². The molecule has 0 heterocycles. The maximum Gasteiger partial charge on any atom is 0.340 e. The zero-order valence-corrected chi connectivity index (χ0v) is 16.4. The number of carbonyl (C=O) groups excluding carboxylic acids is 1. The van der Waals surface area contributed by atoms with Gasteiger partial charge in [0.2, 0.25) is 0 Å². The third-order valence-corrected chi connectivity index (χ3v) is 4.21. The predicted octanol–water partition coefficient (Wildman–Crippen LogP) is 5.56. The first kappa shape index (κ1) is 21.0. The van der Waals surface area contributed by atoms with E-state index in [1.807, 2.05) is 30.3 Å². The van der Waals surface area contributed by atoms with Crippen molar-refractivity contribution in [3.05, 3.63) is 102 Å². The summed E-state index contributed by atoms with van der Waals surface area (Å²) < 4.78 is 37.8. The van der Waals surface area contributed by atoms with Crippen molar-refractivity contribution in [1.82, 2.24) is 0 Å². The standard InChI is InChI=1S/C24H21F2NO3/c1-2-29-24(28)21(15-27-23-13-10-19(25)14-22(23)26)18-8-11-20(12-9-18)30-16-17-6-4-3-5-7-17/h3-15,27H,2,16H2,1H3/b21-15+. The molecule has 1 N–H and O–H groups in total. The Morgan fingerprint density at radius 3 is 2.40 bits per heavy atom. The van der Waals surface area contributed by atoms with Crippen molar-refractivity contribution < 1.29 is 23.0 Å². The van der Waals surface area contributed by atoms with Crippen molar-refractivity contribution >= 4 is 17.2 Å². The number of nitrogens with one attached hydrogen (secondary N) is 1. The molecule has 0 aliphatic rings. The van der Waals surface area contributed by atoms with Crippen LogP contribution in [-0.2, 0) is 16.1 Å². The summed E-state index contributed by atoms with van der Waals surface area (Å²) in [6.07, 6.45) is 1.34. The van der Waals surface area contributed by atoms with E-state index >= 15 is 0 Å². The van der Waals surface area contributed by atoms with Crippen LogP contribution < -0.4 is 10.1 Å². The molecule has 6 heteroatoms. The minimum absolute atomic E-state index is 0.0426. The summed E-state index contributed by atoms with van der Waals surface area (Å²) in [5, 5.41) is 2.70. The van der Waals surface area contributed by atoms with Crippen LogP contribution in [0.4, 0.5) is 14.5 Å². The maximum atomic E-state index is 13.9. The van der Waals surface area contributed by atoms with Crippen LogP contribution in [0.3, 0.4) is 0 Å². The van der Waals surface area contributed by atoms with Crippen LogP contribution in [0.5, 0.6) is 5.75 Å². The molecular formula is C24H21F2NO3. The Labute approximate surface area is 173 Å². The van der Waals surface area contributed by atoms with Gasteiger partial charge in [0.15, 0.2) is 0 Å². The van der Waals surface area contributed by atoms with E-state index in [4.69, 9.17) is 9.47 Å². The first-order valence-electron chi connectivity index (χ1n) is 9.43. The molecule has 0 spiro atoms. The lowest BCUT2D eigenvalue weighted by Crippen LogP contribution is -2.09. The topological polar surface area (TPSA) is 47.6 Å². The van der Waals surface area contributed by atoms with Gasteiger partial charge in [0.25, 0.3) is 0 Å². The predicted molar refractivity (Wildman–Crippen MR) is 112 cm³/mol. The lowest BCUT2D eigenvalue weighted by molar-refractivity contribution is -0.136. The highest BCUT2D eigenvalue weighted by Gasteiger charge is 2.14. The largest absolute Gasteiger partial charge is 0.489 e. The fourth-order valence-electron chi connectivity index (χ4n) is 2.70. The van der Waals surface area contributed by atoms with Crippen LogP contribution >= 0.6 is 0 Å². The van der Waals surface area contributed by atoms with Crippen LogP contribution in [0.25, 0.3) is 5.57 Å². The molecule has 0 aromatic heterocycles. The zero-order valence-electron chi connectivity index (χ0n) is 16.4. The highest BCUT2D eigenvalue weighted by atomic mass is 19.1. The van der Waals surface area contributed by atoms with Gasteiger partial charge in [0.1, 0.15) is 24.0 Å². The second-order valence-corrected chi connectivity index (χ2v) is 6.35. The number of hydrogen-bond donors (Lipinski definition) is 1. The normalized spacial score (nSPS) is 11.1. The molecule has 3 aromatic rings. The van der Waals surface area contributed by atoms with Crippen LogP contribution in [0.2, 0.25) is 0 Å². The van der Waals surface area contributed by atoms with Crippen molar-refractivity contribution in [2.75, 3.05) is 11.9 Å². The van der Waals surface area contributed by atoms with E-state index in [0.29, 0.717) is 17.9 Å². The van der Waals surface area contributed by atoms with Gasteiger partial charge in [-0.2, -0.15) is 0 Å². The Morgan fingerprint density at radius 1 is 1.00 bits per heavy atom. The molecule has 154 valence electrons. The van der Waals surface area contributed by atoms with Crippen LogP contribution in [0.15, 0.2) is 79.0 Å². The highest BCUT2D eigenvalue weighted by molar-refractivity contribution is 6.16. The molecule has 0 amide bonds. The van der Waals surface area contributed by atoms with E-state index in [0.717, 1.165) is 17.7 Å². The van der Waals surface area contributed by atoms with Gasteiger partial charge in [-0.3, -0.25) is 0 Å². The molecule has 0 aliphatic heterocycles. The molecule has 0 unspecified atom stereocenters. The van der Waals surface area contributed by atoms with Crippen molar-refractivity contribution in [3.63, 3.8) is 0 Å². The Bertz CT molecular complexity index is 1020. The van der Waals surface area contributed by atoms with E-state index in [1.165, 1.54) is 12.3 Å². The molecule has 0 saturated heterocycles. The number of carbonyl (C=O) groups is 1. The minimum atomic E-state index is -0.765. The number of rotatable bonds is 8. The van der Waals surface area contributed by atoms with Crippen molar-refractivity contribution in [2.24, 2.45) is 0 Å². The van der Waals surface area contributed by atoms with E-state index in [9.17, 15) is 13.6 Å². The molecule has 30 heavy (non-hydrogen) atoms. The third-order valence-electron chi connectivity index (χ3n) is 4.21. The highest BCUT2D eigenvalue weighted by Crippen LogP contribution is 2.22. The summed E-state index contributed by atoms with van der Waals surface area (Å²) in [5.41, 5.74) is 1.85. The molecule has 4 nitrogen and oxygen atoms in total. The van der Waals surface area contributed by atoms with E-state index in [1.54, 1.807) is 31.2 Å². The minimum Gasteiger partial charge on any atom is -0.489 e. The number of hydrogen-bond acceptors (Lipinski definition) is 4. The average Bonchev–Trinajstić information content (AvgIpc) is 2.75. The molecule has 0 radical (unpaired) electrons. The Balaban J connectivity index is 1.76. The first-order chi connectivity index (χ1) is 14.6. The fraction of sp³-hybridized carbons (Fsp3) is 0.125. The lowest BCUT2D eigenvalue weighted by atomic mass is 10.1. The molecule has 0 bridgehead atoms. The number of esters is 1. The summed E-state index contributed by atoms with van der Waals surface area (Å²) >= 11 is 0. The van der Waals surface area contributed by atoms with Crippen LogP contribution in [-0.4, -0.2) is 12.6 Å². The molecule has 3 aromatic carbocycles. The SMILES string of the molecule is CCOC(=O)/C(=C/Nc1ccc(F)cc1F)c1ccc(OCc2ccccc2)cc1. The van der Waals surface area contributed by atoms with Gasteiger partial charge in [-0.25, -0.2) is 13.6 Å². The van der Waals surface area contributed by atoms with Crippen molar-refractivity contribution in [3.8, 4) is 5.75 Å². The molecular weight excluding hydrogens is 388 g/mol. The molecule has 0 aliphatic carbocycles. The number of anilines is 1. The Morgan fingerprint density at radius 2 is 1.73 bits per heavy atom. The second-order valence-electron chi connectivity index (χ2n) is 6.35. The van der Waals surface area contributed by atoms with Crippen molar-refractivity contribution in [1.29, 1.82) is 0 Å². The van der Waals surface area contributed by atoms with Crippen LogP contribution in [0.1, 0.15) is 18.1 Å². The van der Waals surface area contributed by atoms with Gasteiger partial charge in [-0.1, -0.05) is 42.5 Å². The summed E-state index contributed by atoms with van der Waals surface area (Å²) in [5.74, 6) is -1.37. The van der Waals surface area contributed by atoms with Gasteiger partial charge in [-0.15, -0.1) is 0 Å². The summed E-state index contributed by atoms with van der Waals surface area (Å²) in [7, 11) is 0. The van der Waals surface area contributed by atoms with Crippen LogP contribution in [0, 0.1) is 11.6 Å². The lowest BCUT2D eigenvalue weighted by Gasteiger charge is -2.11. The van der Waals surface area contributed by atoms with Gasteiger partial charge < -0.3 is 14.8 Å². The average molecular weight is 409 g/mol. The molecule has 0 fully saturated rings. The quantitative estimate of drug-likeness (QED) is 0.391. The van der Waals surface area contributed by atoms with E-state index < -0.39 is 17.6 Å². The fourth-order valence-corrected chi connectivity index (χ4v) is 2.70. The number of ether oxygens (including phenoxy) is 2. The zero-order chi connectivity index (χ0) is 21.3. The second kappa shape index (κ2) is 10.2. The monoisotopic (exact) mass is 409 g/mol. The Kier molecular flexibility index (Phi) is 7.16. The Hall–Kier alpha value is -3.67. The van der Waals surface area contributed by atoms with Crippen molar-refractivity contribution in [2.45, 2.75) is 13.5 Å². The van der Waals surface area contributed by atoms with Gasteiger partial charge in [0, 0.05) is 12.3 Å². The van der Waals surface area contributed by atoms with E-state index in [-0.39, 0.29) is 17.9 Å². The molecule has 3 rings (SSSR count). The van der Waals surface area contributed by atoms with Gasteiger partial charge in [-0.05, 0) is 42.3 Å². The summed E-state index contributed by atoms with van der Waals surface area (Å²) in [4.78, 5) is 12.4. The van der Waals surface area contributed by atoms with E-state index in [2.05, 4.69) is 5.32 Å². The summed E-state index contributed by atoms with van der Waals surface area (Å²) in [6.45, 7) is 2.31. The third kappa shape index (κ3) is 5.67. The number of halogens is 2. The first-order valence-corrected chi connectivity index (χ1v) is 9.43. The summed E-state index contributed by atoms with van der Waals surface area (Å²) in [6, 6.07) is 19.8. The molecule has 0 atom stereocenters. The smallest absolute Gasteiger partial charge is 0.340 e. The molecule has 0 saturated carbocycles.